The largest absolute Gasteiger partial charge is 0.354 e. The highest BCUT2D eigenvalue weighted by Crippen LogP contribution is 2.29. The molecule has 5 nitrogen and oxygen atoms in total. The molecule has 2 heterocycles. The second-order valence-corrected chi connectivity index (χ2v) is 8.79. The summed E-state index contributed by atoms with van der Waals surface area (Å²) < 4.78 is 23.3. The van der Waals surface area contributed by atoms with Gasteiger partial charge < -0.3 is 4.98 Å². The van der Waals surface area contributed by atoms with Gasteiger partial charge in [-0.25, -0.2) is 8.42 Å². The quantitative estimate of drug-likeness (QED) is 0.523. The summed E-state index contributed by atoms with van der Waals surface area (Å²) in [4.78, 5) is 19.2. The van der Waals surface area contributed by atoms with Gasteiger partial charge in [0.25, 0.3) is 0 Å². The van der Waals surface area contributed by atoms with E-state index in [0.29, 0.717) is 10.5 Å². The lowest BCUT2D eigenvalue weighted by Crippen LogP contribution is -1.96. The number of H-pyrrole nitrogens is 1. The van der Waals surface area contributed by atoms with E-state index in [4.69, 9.17) is 4.98 Å². The molecular weight excluding hydrogens is 372 g/mol. The molecule has 4 rings (SSSR count). The van der Waals surface area contributed by atoms with Crippen molar-refractivity contribution in [3.05, 3.63) is 71.9 Å². The van der Waals surface area contributed by atoms with Gasteiger partial charge in [0, 0.05) is 39.7 Å². The Morgan fingerprint density at radius 3 is 2.18 bits per heavy atom. The summed E-state index contributed by atoms with van der Waals surface area (Å²) in [7, 11) is -3.22. The maximum atomic E-state index is 11.6. The molecule has 28 heavy (non-hydrogen) atoms. The van der Waals surface area contributed by atoms with Crippen LogP contribution in [0.1, 0.15) is 16.1 Å². The Hall–Kier alpha value is -3.25. The van der Waals surface area contributed by atoms with Crippen molar-refractivity contribution in [3.8, 4) is 22.5 Å². The fourth-order valence-corrected chi connectivity index (χ4v) is 3.84. The number of hydrogen-bond donors (Lipinski definition) is 1. The maximum absolute atomic E-state index is 11.6. The summed E-state index contributed by atoms with van der Waals surface area (Å²) in [6, 6.07) is 18.1. The van der Waals surface area contributed by atoms with Crippen LogP contribution in [0.25, 0.3) is 33.4 Å². The molecule has 0 aliphatic heterocycles. The number of nitrogens with zero attached hydrogens (tertiary/aromatic N) is 1. The Bertz CT molecular complexity index is 1290. The minimum atomic E-state index is -3.22. The number of carbonyl (C=O) groups is 1. The van der Waals surface area contributed by atoms with Crippen molar-refractivity contribution in [1.82, 2.24) is 9.97 Å². The van der Waals surface area contributed by atoms with Crippen LogP contribution >= 0.6 is 0 Å². The molecule has 2 aromatic carbocycles. The molecule has 0 saturated heterocycles. The van der Waals surface area contributed by atoms with Gasteiger partial charge in [-0.05, 0) is 36.8 Å². The van der Waals surface area contributed by atoms with Gasteiger partial charge in [0.1, 0.15) is 6.29 Å². The van der Waals surface area contributed by atoms with Crippen LogP contribution < -0.4 is 0 Å². The van der Waals surface area contributed by atoms with Crippen molar-refractivity contribution < 1.29 is 13.2 Å². The predicted octanol–water partition coefficient (Wildman–Crippen LogP) is 4.42. The molecule has 0 fully saturated rings. The van der Waals surface area contributed by atoms with E-state index < -0.39 is 9.84 Å². The van der Waals surface area contributed by atoms with Crippen molar-refractivity contribution in [2.75, 3.05) is 6.26 Å². The zero-order valence-electron chi connectivity index (χ0n) is 15.4. The number of hydrogen-bond acceptors (Lipinski definition) is 4. The number of pyridine rings is 1. The maximum Gasteiger partial charge on any atom is 0.175 e. The summed E-state index contributed by atoms with van der Waals surface area (Å²) in [5, 5.41) is 1.01. The van der Waals surface area contributed by atoms with Crippen LogP contribution in [0.5, 0.6) is 0 Å². The Morgan fingerprint density at radius 1 is 0.929 bits per heavy atom. The number of rotatable bonds is 4. The average molecular weight is 390 g/mol. The van der Waals surface area contributed by atoms with E-state index in [-0.39, 0.29) is 0 Å². The van der Waals surface area contributed by atoms with Gasteiger partial charge in [0.15, 0.2) is 9.84 Å². The molecule has 2 aromatic heterocycles. The van der Waals surface area contributed by atoms with Crippen molar-refractivity contribution in [1.29, 1.82) is 0 Å². The Balaban J connectivity index is 1.76. The van der Waals surface area contributed by atoms with E-state index in [9.17, 15) is 13.2 Å². The number of carbonyl (C=O) groups excluding carboxylic acids is 1. The minimum absolute atomic E-state index is 0.297. The van der Waals surface area contributed by atoms with Gasteiger partial charge in [-0.1, -0.05) is 36.4 Å². The first kappa shape index (κ1) is 18.1. The monoisotopic (exact) mass is 390 g/mol. The minimum Gasteiger partial charge on any atom is -0.354 e. The number of aromatic nitrogens is 2. The zero-order chi connectivity index (χ0) is 19.9. The van der Waals surface area contributed by atoms with Crippen LogP contribution in [0.2, 0.25) is 0 Å². The van der Waals surface area contributed by atoms with Crippen LogP contribution in [0.15, 0.2) is 65.6 Å². The lowest BCUT2D eigenvalue weighted by Gasteiger charge is -2.04. The van der Waals surface area contributed by atoms with E-state index in [0.717, 1.165) is 45.4 Å². The summed E-state index contributed by atoms with van der Waals surface area (Å²) in [5.74, 6) is 0. The van der Waals surface area contributed by atoms with E-state index in [1.807, 2.05) is 31.2 Å². The third-order valence-corrected chi connectivity index (χ3v) is 5.87. The van der Waals surface area contributed by atoms with Gasteiger partial charge in [-0.2, -0.15) is 0 Å². The van der Waals surface area contributed by atoms with E-state index in [1.165, 1.54) is 6.26 Å². The highest BCUT2D eigenvalue weighted by atomic mass is 32.2. The third kappa shape index (κ3) is 3.34. The van der Waals surface area contributed by atoms with E-state index in [2.05, 4.69) is 4.98 Å². The van der Waals surface area contributed by atoms with Crippen molar-refractivity contribution in [2.45, 2.75) is 11.8 Å². The van der Waals surface area contributed by atoms with Gasteiger partial charge in [0.05, 0.1) is 10.6 Å². The highest BCUT2D eigenvalue weighted by molar-refractivity contribution is 7.90. The molecule has 0 amide bonds. The van der Waals surface area contributed by atoms with Gasteiger partial charge in [-0.3, -0.25) is 9.78 Å². The molecule has 0 saturated carbocycles. The molecule has 0 bridgehead atoms. The molecule has 1 N–H and O–H groups in total. The number of nitrogens with one attached hydrogen (secondary N) is 1. The molecule has 0 spiro atoms. The molecule has 0 aliphatic rings. The number of aldehydes is 1. The Kier molecular flexibility index (Phi) is 4.35. The summed E-state index contributed by atoms with van der Waals surface area (Å²) in [6.45, 7) is 1.95. The first-order chi connectivity index (χ1) is 13.3. The average Bonchev–Trinajstić information content (AvgIpc) is 3.12. The summed E-state index contributed by atoms with van der Waals surface area (Å²) >= 11 is 0. The van der Waals surface area contributed by atoms with Crippen molar-refractivity contribution in [3.63, 3.8) is 0 Å². The number of sulfone groups is 1. The van der Waals surface area contributed by atoms with E-state index in [1.54, 1.807) is 36.4 Å². The molecular formula is C22H18N2O3S. The molecule has 140 valence electrons. The van der Waals surface area contributed by atoms with Crippen molar-refractivity contribution in [2.24, 2.45) is 0 Å². The molecule has 6 heteroatoms. The van der Waals surface area contributed by atoms with E-state index >= 15 is 0 Å². The topological polar surface area (TPSA) is 79.9 Å². The summed E-state index contributed by atoms with van der Waals surface area (Å²) in [6.07, 6.45) is 2.01. The molecule has 4 aromatic rings. The molecule has 0 unspecified atom stereocenters. The smallest absolute Gasteiger partial charge is 0.175 e. The zero-order valence-corrected chi connectivity index (χ0v) is 16.2. The first-order valence-electron chi connectivity index (χ1n) is 8.71. The lowest BCUT2D eigenvalue weighted by molar-refractivity contribution is 0.112. The normalized spacial score (nSPS) is 11.6. The highest BCUT2D eigenvalue weighted by Gasteiger charge is 2.11. The number of aromatic amines is 1. The van der Waals surface area contributed by atoms with Crippen LogP contribution in [0, 0.1) is 6.92 Å². The van der Waals surface area contributed by atoms with Crippen LogP contribution in [0.3, 0.4) is 0 Å². The molecule has 0 atom stereocenters. The van der Waals surface area contributed by atoms with Gasteiger partial charge in [-0.15, -0.1) is 0 Å². The number of aryl methyl sites for hydroxylation is 1. The second-order valence-electron chi connectivity index (χ2n) is 6.77. The fraction of sp³-hybridized carbons (Fsp3) is 0.0909. The second kappa shape index (κ2) is 6.73. The van der Waals surface area contributed by atoms with Crippen molar-refractivity contribution >= 4 is 27.0 Å². The standard InChI is InChI=1S/C22H18N2O3S/c1-14-19-11-20(17-7-9-18(10-8-17)28(2,26)27)24-22(19)12-21(23-14)16-5-3-15(13-25)4-6-16/h3-13,24H,1-2H3. The first-order valence-corrected chi connectivity index (χ1v) is 10.6. The van der Waals surface area contributed by atoms with Crippen LogP contribution in [-0.2, 0) is 9.84 Å². The van der Waals surface area contributed by atoms with Gasteiger partial charge in [0.2, 0.25) is 0 Å². The Labute approximate surface area is 163 Å². The predicted molar refractivity (Wildman–Crippen MR) is 110 cm³/mol. The third-order valence-electron chi connectivity index (χ3n) is 4.74. The lowest BCUT2D eigenvalue weighted by atomic mass is 10.1. The Morgan fingerprint density at radius 2 is 1.57 bits per heavy atom. The number of benzene rings is 2. The van der Waals surface area contributed by atoms with Crippen LogP contribution in [-0.4, -0.2) is 30.9 Å². The van der Waals surface area contributed by atoms with Gasteiger partial charge >= 0.3 is 0 Å². The summed E-state index contributed by atoms with van der Waals surface area (Å²) in [5.41, 5.74) is 6.02. The molecule has 0 aliphatic carbocycles. The molecule has 0 radical (unpaired) electrons. The fourth-order valence-electron chi connectivity index (χ4n) is 3.21. The number of fused-ring (bicyclic) bond motifs is 1. The van der Waals surface area contributed by atoms with Crippen LogP contribution in [0.4, 0.5) is 0 Å². The SMILES string of the molecule is Cc1nc(-c2ccc(C=O)cc2)cc2[nH]c(-c3ccc(S(C)(=O)=O)cc3)cc12.